The van der Waals surface area contributed by atoms with Gasteiger partial charge in [0.25, 0.3) is 0 Å². The molecule has 9 N–H and O–H groups in total. The number of hydrogen-bond donors (Lipinski definition) is 8. The number of aliphatic carboxylic acids is 2. The highest BCUT2D eigenvalue weighted by Crippen LogP contribution is 2.24. The first-order valence-electron chi connectivity index (χ1n) is 7.21. The first-order valence-corrected chi connectivity index (χ1v) is 9.70. The molecular formula is C12H22N2O9S2. The van der Waals surface area contributed by atoms with Gasteiger partial charge in [-0.05, 0) is 0 Å². The zero-order valence-corrected chi connectivity index (χ0v) is 14.6. The predicted molar refractivity (Wildman–Crippen MR) is 88.9 cm³/mol. The summed E-state index contributed by atoms with van der Waals surface area (Å²) in [6.07, 6.45) is -7.22. The molecule has 13 heteroatoms. The van der Waals surface area contributed by atoms with Crippen LogP contribution < -0.4 is 11.1 Å². The van der Waals surface area contributed by atoms with Crippen LogP contribution in [0.3, 0.4) is 0 Å². The van der Waals surface area contributed by atoms with E-state index in [2.05, 4.69) is 5.32 Å². The third kappa shape index (κ3) is 6.54. The molecule has 1 saturated heterocycles. The van der Waals surface area contributed by atoms with Gasteiger partial charge in [-0.2, -0.15) is 0 Å². The first kappa shape index (κ1) is 22.4. The molecule has 0 radical (unpaired) electrons. The average Bonchev–Trinajstić information content (AvgIpc) is 2.56. The fraction of sp³-hybridized carbons (Fsp3) is 0.833. The number of hydrogen-bond acceptors (Lipinski definition) is 11. The van der Waals surface area contributed by atoms with E-state index < -0.39 is 61.3 Å². The second-order valence-corrected chi connectivity index (χ2v) is 7.87. The van der Waals surface area contributed by atoms with E-state index >= 15 is 0 Å². The van der Waals surface area contributed by atoms with Gasteiger partial charge in [-0.15, -0.1) is 0 Å². The van der Waals surface area contributed by atoms with Crippen molar-refractivity contribution in [3.05, 3.63) is 0 Å². The second-order valence-electron chi connectivity index (χ2n) is 5.32. The lowest BCUT2D eigenvalue weighted by molar-refractivity contribution is -0.238. The van der Waals surface area contributed by atoms with E-state index in [-0.39, 0.29) is 11.5 Å². The standard InChI is InChI=1S/C12H22N2O9S2/c13-4(11(19)20)2-24-25-3-5(12(21)22)14-10-9(18)8(17)7(16)6(1-15)23-10/h4-10,14-18H,1-3,13H2,(H,19,20)(H,21,22)/t4?,5-,6+,7+,8-,9+,10?/m0/s1. The molecule has 1 heterocycles. The van der Waals surface area contributed by atoms with Crippen LogP contribution in [0.5, 0.6) is 0 Å². The molecule has 146 valence electrons. The lowest BCUT2D eigenvalue weighted by Crippen LogP contribution is -2.64. The quantitative estimate of drug-likeness (QED) is 0.133. The Balaban J connectivity index is 2.56. The molecule has 0 aromatic heterocycles. The molecule has 0 aromatic carbocycles. The van der Waals surface area contributed by atoms with Gasteiger partial charge in [0.05, 0.1) is 6.61 Å². The molecular weight excluding hydrogens is 380 g/mol. The van der Waals surface area contributed by atoms with Crippen LogP contribution in [0, 0.1) is 0 Å². The number of rotatable bonds is 10. The van der Waals surface area contributed by atoms with Gasteiger partial charge in [0.1, 0.15) is 42.7 Å². The Hall–Kier alpha value is -0.640. The number of aliphatic hydroxyl groups excluding tert-OH is 4. The summed E-state index contributed by atoms with van der Waals surface area (Å²) in [7, 11) is 2.14. The summed E-state index contributed by atoms with van der Waals surface area (Å²) < 4.78 is 5.19. The number of aliphatic hydroxyl groups is 4. The lowest BCUT2D eigenvalue weighted by Gasteiger charge is -2.41. The third-order valence-electron chi connectivity index (χ3n) is 3.44. The maximum Gasteiger partial charge on any atom is 0.321 e. The van der Waals surface area contributed by atoms with Crippen molar-refractivity contribution in [2.45, 2.75) is 42.7 Å². The molecule has 1 fully saturated rings. The number of nitrogens with one attached hydrogen (secondary N) is 1. The molecule has 0 saturated carbocycles. The molecule has 0 bridgehead atoms. The maximum absolute atomic E-state index is 11.3. The molecule has 25 heavy (non-hydrogen) atoms. The SMILES string of the molecule is NC(CSSC[C@H](NC1O[C@H](CO)[C@@H](O)[C@H](O)[C@H]1O)C(=O)O)C(=O)O. The van der Waals surface area contributed by atoms with E-state index in [1.165, 1.54) is 0 Å². The van der Waals surface area contributed by atoms with Gasteiger partial charge in [0.15, 0.2) is 0 Å². The van der Waals surface area contributed by atoms with Crippen molar-refractivity contribution in [1.82, 2.24) is 5.32 Å². The average molecular weight is 402 g/mol. The van der Waals surface area contributed by atoms with E-state index in [0.717, 1.165) is 21.6 Å². The van der Waals surface area contributed by atoms with Crippen molar-refractivity contribution >= 4 is 33.5 Å². The van der Waals surface area contributed by atoms with Gasteiger partial charge in [0, 0.05) is 11.5 Å². The molecule has 2 unspecified atom stereocenters. The smallest absolute Gasteiger partial charge is 0.321 e. The molecule has 1 aliphatic rings. The van der Waals surface area contributed by atoms with Crippen LogP contribution in [0.25, 0.3) is 0 Å². The molecule has 11 nitrogen and oxygen atoms in total. The molecule has 7 atom stereocenters. The van der Waals surface area contributed by atoms with Crippen LogP contribution in [0.4, 0.5) is 0 Å². The van der Waals surface area contributed by atoms with E-state index in [1.54, 1.807) is 0 Å². The Kier molecular flexibility index (Phi) is 9.40. The number of carboxylic acid groups (broad SMARTS) is 2. The summed E-state index contributed by atoms with van der Waals surface area (Å²) in [5, 5.41) is 58.7. The summed E-state index contributed by atoms with van der Waals surface area (Å²) in [4.78, 5) is 21.9. The van der Waals surface area contributed by atoms with Crippen molar-refractivity contribution in [3.8, 4) is 0 Å². The zero-order chi connectivity index (χ0) is 19.1. The van der Waals surface area contributed by atoms with Crippen LogP contribution in [0.2, 0.25) is 0 Å². The van der Waals surface area contributed by atoms with E-state index in [4.69, 9.17) is 20.7 Å². The molecule has 0 aliphatic carbocycles. The molecule has 0 spiro atoms. The largest absolute Gasteiger partial charge is 0.480 e. The van der Waals surface area contributed by atoms with Gasteiger partial charge < -0.3 is 41.1 Å². The minimum Gasteiger partial charge on any atom is -0.480 e. The number of carbonyl (C=O) groups is 2. The summed E-state index contributed by atoms with van der Waals surface area (Å²) in [5.74, 6) is -2.36. The fourth-order valence-corrected chi connectivity index (χ4v) is 4.22. The number of nitrogens with two attached hydrogens (primary N) is 1. The summed E-state index contributed by atoms with van der Waals surface area (Å²) in [5.41, 5.74) is 5.33. The number of carboxylic acids is 2. The summed E-state index contributed by atoms with van der Waals surface area (Å²) in [6, 6.07) is -2.26. The van der Waals surface area contributed by atoms with Gasteiger partial charge in [-0.1, -0.05) is 21.6 Å². The van der Waals surface area contributed by atoms with Crippen molar-refractivity contribution in [3.63, 3.8) is 0 Å². The maximum atomic E-state index is 11.3. The minimum absolute atomic E-state index is 0.0125. The van der Waals surface area contributed by atoms with Gasteiger partial charge in [0.2, 0.25) is 0 Å². The zero-order valence-electron chi connectivity index (χ0n) is 13.0. The van der Waals surface area contributed by atoms with Crippen LogP contribution >= 0.6 is 21.6 Å². The fourth-order valence-electron chi connectivity index (χ4n) is 1.94. The molecule has 0 amide bonds. The van der Waals surface area contributed by atoms with Crippen molar-refractivity contribution in [1.29, 1.82) is 0 Å². The van der Waals surface area contributed by atoms with Crippen LogP contribution in [0.1, 0.15) is 0 Å². The Morgan fingerprint density at radius 1 is 1.04 bits per heavy atom. The molecule has 1 rings (SSSR count). The first-order chi connectivity index (χ1) is 11.7. The Bertz CT molecular complexity index is 456. The Morgan fingerprint density at radius 3 is 2.16 bits per heavy atom. The van der Waals surface area contributed by atoms with Gasteiger partial charge >= 0.3 is 11.9 Å². The van der Waals surface area contributed by atoms with Crippen molar-refractivity contribution in [2.75, 3.05) is 18.1 Å². The van der Waals surface area contributed by atoms with E-state index in [9.17, 15) is 30.0 Å². The number of ether oxygens (including phenoxy) is 1. The van der Waals surface area contributed by atoms with Crippen LogP contribution in [0.15, 0.2) is 0 Å². The second kappa shape index (κ2) is 10.5. The topological polar surface area (TPSA) is 203 Å². The minimum atomic E-state index is -1.62. The third-order valence-corrected chi connectivity index (χ3v) is 5.89. The Labute approximate surface area is 150 Å². The molecule has 0 aromatic rings. The van der Waals surface area contributed by atoms with Crippen LogP contribution in [-0.2, 0) is 14.3 Å². The van der Waals surface area contributed by atoms with Crippen molar-refractivity contribution < 1.29 is 45.0 Å². The lowest BCUT2D eigenvalue weighted by atomic mass is 9.98. The highest BCUT2D eigenvalue weighted by Gasteiger charge is 2.44. The van der Waals surface area contributed by atoms with Gasteiger partial charge in [-0.3, -0.25) is 14.9 Å². The normalized spacial score (nSPS) is 32.1. The highest BCUT2D eigenvalue weighted by atomic mass is 33.1. The Morgan fingerprint density at radius 2 is 1.64 bits per heavy atom. The molecule has 1 aliphatic heterocycles. The van der Waals surface area contributed by atoms with Crippen LogP contribution in [-0.4, -0.2) is 103 Å². The highest BCUT2D eigenvalue weighted by molar-refractivity contribution is 8.76. The van der Waals surface area contributed by atoms with Crippen molar-refractivity contribution in [2.24, 2.45) is 5.73 Å². The predicted octanol–water partition coefficient (Wildman–Crippen LogP) is -3.38. The monoisotopic (exact) mass is 402 g/mol. The van der Waals surface area contributed by atoms with E-state index in [0.29, 0.717) is 0 Å². The van der Waals surface area contributed by atoms with Gasteiger partial charge in [-0.25, -0.2) is 0 Å². The van der Waals surface area contributed by atoms with E-state index in [1.807, 2.05) is 0 Å². The summed E-state index contributed by atoms with van der Waals surface area (Å²) >= 11 is 0. The summed E-state index contributed by atoms with van der Waals surface area (Å²) in [6.45, 7) is -0.626.